The molecule has 62 heavy (non-hydrogen) atoms. The fraction of sp³-hybridized carbons (Fsp3) is 0.465. The number of amides is 5. The molecule has 3 aliphatic heterocycles. The average molecular weight is 859 g/mol. The van der Waals surface area contributed by atoms with Crippen molar-refractivity contribution in [3.05, 3.63) is 88.3 Å². The molecule has 0 saturated carbocycles. The summed E-state index contributed by atoms with van der Waals surface area (Å²) in [6, 6.07) is 12.6. The number of carbonyl (C=O) groups excluding carboxylic acids is 7. The number of nitrogens with one attached hydrogen (secondary N) is 3. The van der Waals surface area contributed by atoms with Crippen LogP contribution in [0.5, 0.6) is 0 Å². The van der Waals surface area contributed by atoms with Gasteiger partial charge >= 0.3 is 18.3 Å². The molecule has 0 spiro atoms. The molecule has 9 N–H and O–H groups in total. The molecule has 0 aromatic heterocycles. The van der Waals surface area contributed by atoms with Crippen molar-refractivity contribution in [2.24, 2.45) is 23.1 Å². The minimum absolute atomic E-state index is 0.0405. The Hall–Kier alpha value is -6.47. The molecule has 2 aromatic rings. The number of hydrogen-bond acceptors (Lipinski definition) is 14. The first-order chi connectivity index (χ1) is 29.4. The van der Waals surface area contributed by atoms with E-state index in [1.165, 1.54) is 18.9 Å². The van der Waals surface area contributed by atoms with Gasteiger partial charge in [0.2, 0.25) is 23.4 Å². The van der Waals surface area contributed by atoms with Crippen LogP contribution in [0.3, 0.4) is 0 Å². The Balaban J connectivity index is 1.08. The van der Waals surface area contributed by atoms with E-state index in [0.29, 0.717) is 30.6 Å². The largest absolute Gasteiger partial charge is 0.449 e. The summed E-state index contributed by atoms with van der Waals surface area (Å²) >= 11 is 0. The maximum Gasteiger partial charge on any atom is 0.410 e. The standard InChI is InChI=1S/C43H54N8O11/c1-23-32(45)35(53)31-27(22-60-39(46)56)43(59-5)36-30(20-50(43)33(31)34(23)52)51(36)41(58)61-21-25-14-16-26(17-15-25)47-37(54)28(13-9-10-18-44)48-38(55)29(19-24-11-7-6-8-12-24)49-40(57)62-42(2,3)4/h6-8,11-12,14-17,27-30,36H,9-10,13,18-22,44-45H2,1-5H3,(H2,46,56)(H,47,54)(H,48,55)(H,49,57)/t27?,28-,29-,30?,36?,43?,51?/m0/s1. The number of benzene rings is 2. The van der Waals surface area contributed by atoms with Crippen LogP contribution in [0.4, 0.5) is 20.1 Å². The monoisotopic (exact) mass is 858 g/mol. The van der Waals surface area contributed by atoms with Gasteiger partial charge in [0.05, 0.1) is 23.4 Å². The van der Waals surface area contributed by atoms with Crippen molar-refractivity contribution in [3.63, 3.8) is 0 Å². The highest BCUT2D eigenvalue weighted by Gasteiger charge is 2.78. The molecular formula is C43H54N8O11. The summed E-state index contributed by atoms with van der Waals surface area (Å²) in [6.45, 7) is 6.60. The normalized spacial score (nSPS) is 22.3. The van der Waals surface area contributed by atoms with E-state index in [2.05, 4.69) is 16.0 Å². The summed E-state index contributed by atoms with van der Waals surface area (Å²) in [5.41, 5.74) is 16.6. The van der Waals surface area contributed by atoms with Crippen LogP contribution < -0.4 is 33.2 Å². The smallest absolute Gasteiger partial charge is 0.410 e. The van der Waals surface area contributed by atoms with E-state index in [-0.39, 0.29) is 48.5 Å². The third-order valence-corrected chi connectivity index (χ3v) is 11.4. The number of nitrogens with zero attached hydrogens (tertiary/aromatic N) is 2. The maximum atomic E-state index is 13.7. The lowest BCUT2D eigenvalue weighted by molar-refractivity contribution is -0.144. The Bertz CT molecular complexity index is 2170. The average Bonchev–Trinajstić information content (AvgIpc) is 3.74. The Kier molecular flexibility index (Phi) is 13.3. The zero-order valence-corrected chi connectivity index (χ0v) is 35.4. The van der Waals surface area contributed by atoms with E-state index in [9.17, 15) is 33.6 Å². The first-order valence-corrected chi connectivity index (χ1v) is 20.4. The van der Waals surface area contributed by atoms with E-state index < -0.39 is 89.7 Å². The highest BCUT2D eigenvalue weighted by Crippen LogP contribution is 2.59. The molecule has 6 rings (SSSR count). The van der Waals surface area contributed by atoms with Crippen molar-refractivity contribution in [1.29, 1.82) is 0 Å². The SMILES string of the molecule is COC12C(COC(N)=O)C3=C(C(=O)C(C)=C(N)C3=O)N1CC1C2N1C(=O)OCc1ccc(NC(=O)[C@H](CCCCN)NC(=O)[C@H](Cc2ccccc2)NC(=O)OC(C)(C)C)cc1. The predicted molar refractivity (Wildman–Crippen MR) is 222 cm³/mol. The van der Waals surface area contributed by atoms with Crippen molar-refractivity contribution >= 4 is 47.3 Å². The minimum Gasteiger partial charge on any atom is -0.449 e. The molecule has 2 saturated heterocycles. The lowest BCUT2D eigenvalue weighted by Gasteiger charge is -2.40. The van der Waals surface area contributed by atoms with Gasteiger partial charge < -0.3 is 57.0 Å². The molecule has 19 nitrogen and oxygen atoms in total. The zero-order chi connectivity index (χ0) is 45.1. The van der Waals surface area contributed by atoms with Gasteiger partial charge in [-0.15, -0.1) is 0 Å². The van der Waals surface area contributed by atoms with E-state index in [1.807, 2.05) is 30.3 Å². The van der Waals surface area contributed by atoms with Gasteiger partial charge in [-0.25, -0.2) is 14.4 Å². The van der Waals surface area contributed by atoms with Crippen LogP contribution in [0.25, 0.3) is 0 Å². The van der Waals surface area contributed by atoms with Gasteiger partial charge in [-0.05, 0) is 76.8 Å². The van der Waals surface area contributed by atoms with Gasteiger partial charge in [0.15, 0.2) is 5.72 Å². The van der Waals surface area contributed by atoms with Crippen molar-refractivity contribution in [3.8, 4) is 0 Å². The first-order valence-electron chi connectivity index (χ1n) is 20.4. The number of Topliss-reactive ketones (excluding diaryl/α,β-unsaturated/α-hetero) is 2. The molecule has 4 unspecified atom stereocenters. The van der Waals surface area contributed by atoms with Crippen LogP contribution in [-0.2, 0) is 51.2 Å². The second kappa shape index (κ2) is 18.3. The molecular weight excluding hydrogens is 805 g/mol. The molecule has 6 atom stereocenters. The fourth-order valence-corrected chi connectivity index (χ4v) is 8.40. The van der Waals surface area contributed by atoms with E-state index in [0.717, 1.165) is 5.56 Å². The first kappa shape index (κ1) is 45.1. The second-order valence-electron chi connectivity index (χ2n) is 16.6. The Labute approximate surface area is 358 Å². The lowest BCUT2D eigenvalue weighted by Crippen LogP contribution is -2.56. The number of anilines is 1. The molecule has 0 radical (unpaired) electrons. The number of piperazine rings is 1. The van der Waals surface area contributed by atoms with Gasteiger partial charge in [0, 0.05) is 36.9 Å². The summed E-state index contributed by atoms with van der Waals surface area (Å²) in [4.78, 5) is 95.3. The number of carbonyl (C=O) groups is 7. The third-order valence-electron chi connectivity index (χ3n) is 11.4. The summed E-state index contributed by atoms with van der Waals surface area (Å²) in [7, 11) is 1.38. The Morgan fingerprint density at radius 3 is 2.23 bits per heavy atom. The van der Waals surface area contributed by atoms with E-state index in [4.69, 9.17) is 36.1 Å². The van der Waals surface area contributed by atoms with Gasteiger partial charge in [0.1, 0.15) is 36.9 Å². The second-order valence-corrected chi connectivity index (χ2v) is 16.6. The molecule has 4 aliphatic rings. The highest BCUT2D eigenvalue weighted by atomic mass is 16.6. The van der Waals surface area contributed by atoms with Crippen LogP contribution in [0.2, 0.25) is 0 Å². The summed E-state index contributed by atoms with van der Waals surface area (Å²) in [5.74, 6) is -3.09. The van der Waals surface area contributed by atoms with Crippen molar-refractivity contribution in [1.82, 2.24) is 20.4 Å². The maximum absolute atomic E-state index is 13.7. The number of allylic oxidation sites excluding steroid dienone is 2. The highest BCUT2D eigenvalue weighted by molar-refractivity contribution is 6.25. The molecule has 2 fully saturated rings. The van der Waals surface area contributed by atoms with Crippen LogP contribution in [-0.4, -0.2) is 114 Å². The number of ether oxygens (including phenoxy) is 4. The molecule has 2 aromatic carbocycles. The molecule has 0 bridgehead atoms. The van der Waals surface area contributed by atoms with Gasteiger partial charge in [-0.1, -0.05) is 42.5 Å². The minimum atomic E-state index is -1.45. The number of rotatable bonds is 16. The Morgan fingerprint density at radius 2 is 1.60 bits per heavy atom. The summed E-state index contributed by atoms with van der Waals surface area (Å²) in [6.07, 6.45) is -0.942. The van der Waals surface area contributed by atoms with Crippen LogP contribution in [0.15, 0.2) is 77.1 Å². The third kappa shape index (κ3) is 9.23. The van der Waals surface area contributed by atoms with Gasteiger partial charge in [-0.3, -0.25) is 24.1 Å². The summed E-state index contributed by atoms with van der Waals surface area (Å²) < 4.78 is 22.3. The number of methoxy groups -OCH3 is 1. The van der Waals surface area contributed by atoms with Crippen LogP contribution >= 0.6 is 0 Å². The number of ketones is 2. The topological polar surface area (TPSA) is 277 Å². The number of alkyl carbamates (subject to hydrolysis) is 1. The Morgan fingerprint density at radius 1 is 0.903 bits per heavy atom. The summed E-state index contributed by atoms with van der Waals surface area (Å²) in [5, 5.41) is 8.30. The van der Waals surface area contributed by atoms with Gasteiger partial charge in [-0.2, -0.15) is 0 Å². The fourth-order valence-electron chi connectivity index (χ4n) is 8.40. The van der Waals surface area contributed by atoms with Crippen LogP contribution in [0.1, 0.15) is 58.1 Å². The quantitative estimate of drug-likeness (QED) is 0.0611. The van der Waals surface area contributed by atoms with Gasteiger partial charge in [0.25, 0.3) is 0 Å². The van der Waals surface area contributed by atoms with E-state index >= 15 is 0 Å². The van der Waals surface area contributed by atoms with Crippen molar-refractivity contribution in [2.75, 3.05) is 32.1 Å². The van der Waals surface area contributed by atoms with E-state index in [1.54, 1.807) is 49.9 Å². The molecule has 3 heterocycles. The van der Waals surface area contributed by atoms with Crippen molar-refractivity contribution < 1.29 is 52.5 Å². The number of primary amides is 1. The molecule has 19 heteroatoms. The number of hydrogen-bond donors (Lipinski definition) is 6. The van der Waals surface area contributed by atoms with Crippen molar-refractivity contribution in [2.45, 2.75) is 95.5 Å². The predicted octanol–water partition coefficient (Wildman–Crippen LogP) is 2.09. The number of fused-ring (bicyclic) bond motifs is 4. The molecule has 1 aliphatic carbocycles. The van der Waals surface area contributed by atoms with Crippen LogP contribution in [0, 0.1) is 5.92 Å². The number of nitrogens with two attached hydrogens (primary N) is 3. The number of unbranched alkanes of at least 4 members (excludes halogenated alkanes) is 1. The molecule has 5 amide bonds. The molecule has 332 valence electrons. The lowest BCUT2D eigenvalue weighted by atomic mass is 9.82. The zero-order valence-electron chi connectivity index (χ0n) is 35.4.